The van der Waals surface area contributed by atoms with Crippen LogP contribution in [0.4, 0.5) is 4.39 Å². The van der Waals surface area contributed by atoms with Crippen LogP contribution in [-0.2, 0) is 0 Å². The highest BCUT2D eigenvalue weighted by molar-refractivity contribution is 6.35. The summed E-state index contributed by atoms with van der Waals surface area (Å²) in [6.45, 7) is 1.72. The Morgan fingerprint density at radius 3 is 2.74 bits per heavy atom. The van der Waals surface area contributed by atoms with Crippen molar-refractivity contribution >= 4 is 23.2 Å². The summed E-state index contributed by atoms with van der Waals surface area (Å²) in [6.07, 6.45) is 1.71. The van der Waals surface area contributed by atoms with Crippen molar-refractivity contribution in [2.45, 2.75) is 13.3 Å². The predicted octanol–water partition coefficient (Wildman–Crippen LogP) is 3.63. The molecule has 98 valence electrons. The Balaban J connectivity index is 2.40. The van der Waals surface area contributed by atoms with Crippen molar-refractivity contribution in [3.05, 3.63) is 58.1 Å². The van der Waals surface area contributed by atoms with Crippen LogP contribution in [-0.4, -0.2) is 16.6 Å². The molecule has 3 nitrogen and oxygen atoms in total. The molecule has 0 saturated heterocycles. The third-order valence-electron chi connectivity index (χ3n) is 2.76. The molecule has 2 aromatic rings. The van der Waals surface area contributed by atoms with Crippen LogP contribution in [0.25, 0.3) is 0 Å². The summed E-state index contributed by atoms with van der Waals surface area (Å²) >= 11 is 5.83. The molecule has 1 heterocycles. The molecule has 0 aliphatic carbocycles. The lowest BCUT2D eigenvalue weighted by Gasteiger charge is -2.02. The van der Waals surface area contributed by atoms with Gasteiger partial charge in [-0.3, -0.25) is 9.59 Å². The van der Waals surface area contributed by atoms with Crippen molar-refractivity contribution in [2.75, 3.05) is 0 Å². The van der Waals surface area contributed by atoms with Gasteiger partial charge in [0.25, 0.3) is 0 Å². The lowest BCUT2D eigenvalue weighted by Crippen LogP contribution is -2.04. The van der Waals surface area contributed by atoms with Crippen LogP contribution < -0.4 is 0 Å². The molecule has 0 spiro atoms. The molecule has 0 saturated carbocycles. The molecule has 0 fully saturated rings. The highest BCUT2D eigenvalue weighted by atomic mass is 35.5. The number of aromatic amines is 1. The maximum atomic E-state index is 13.6. The van der Waals surface area contributed by atoms with E-state index in [4.69, 9.17) is 11.6 Å². The summed E-state index contributed by atoms with van der Waals surface area (Å²) < 4.78 is 13.6. The lowest BCUT2D eigenvalue weighted by atomic mass is 10.0. The summed E-state index contributed by atoms with van der Waals surface area (Å²) in [7, 11) is 0. The largest absolute Gasteiger partial charge is 0.358 e. The number of carbonyl (C=O) groups excluding carboxylic acids is 2. The fraction of sp³-hybridized carbons (Fsp3) is 0.143. The zero-order chi connectivity index (χ0) is 14.0. The van der Waals surface area contributed by atoms with Crippen LogP contribution in [0, 0.1) is 5.82 Å². The van der Waals surface area contributed by atoms with Gasteiger partial charge in [-0.15, -0.1) is 0 Å². The Morgan fingerprint density at radius 2 is 2.11 bits per heavy atom. The van der Waals surface area contributed by atoms with Crippen LogP contribution >= 0.6 is 11.6 Å². The van der Waals surface area contributed by atoms with Crippen LogP contribution in [0.15, 0.2) is 30.5 Å². The highest BCUT2D eigenvalue weighted by Gasteiger charge is 2.19. The van der Waals surface area contributed by atoms with E-state index in [1.807, 2.05) is 0 Å². The minimum Gasteiger partial charge on any atom is -0.358 e. The van der Waals surface area contributed by atoms with Gasteiger partial charge < -0.3 is 4.98 Å². The minimum absolute atomic E-state index is 0.0505. The van der Waals surface area contributed by atoms with Crippen LogP contribution in [0.2, 0.25) is 5.02 Å². The van der Waals surface area contributed by atoms with Crippen molar-refractivity contribution in [3.8, 4) is 0 Å². The van der Waals surface area contributed by atoms with Crippen LogP contribution in [0.5, 0.6) is 0 Å². The van der Waals surface area contributed by atoms with E-state index in [1.54, 1.807) is 6.92 Å². The fourth-order valence-electron chi connectivity index (χ4n) is 1.74. The minimum atomic E-state index is -0.679. The van der Waals surface area contributed by atoms with E-state index in [0.29, 0.717) is 12.1 Å². The second-order valence-corrected chi connectivity index (χ2v) is 4.41. The van der Waals surface area contributed by atoms with Crippen LogP contribution in [0.3, 0.4) is 0 Å². The van der Waals surface area contributed by atoms with E-state index < -0.39 is 11.6 Å². The molecule has 0 radical (unpaired) electrons. The molecule has 5 heteroatoms. The maximum Gasteiger partial charge on any atom is 0.199 e. The fourth-order valence-corrected chi connectivity index (χ4v) is 1.98. The number of rotatable bonds is 4. The molecular weight excluding hydrogens is 269 g/mol. The number of hydrogen-bond acceptors (Lipinski definition) is 2. The molecule has 0 amide bonds. The van der Waals surface area contributed by atoms with Gasteiger partial charge in [-0.25, -0.2) is 4.39 Å². The first-order chi connectivity index (χ1) is 9.04. The third kappa shape index (κ3) is 2.58. The van der Waals surface area contributed by atoms with Gasteiger partial charge in [0.1, 0.15) is 5.82 Å². The first-order valence-corrected chi connectivity index (χ1v) is 6.12. The Hall–Kier alpha value is -1.94. The second kappa shape index (κ2) is 5.36. The number of aromatic nitrogens is 1. The topological polar surface area (TPSA) is 49.9 Å². The number of H-pyrrole nitrogens is 1. The summed E-state index contributed by atoms with van der Waals surface area (Å²) in [5.41, 5.74) is 0.362. The molecule has 19 heavy (non-hydrogen) atoms. The maximum absolute atomic E-state index is 13.6. The smallest absolute Gasteiger partial charge is 0.199 e. The zero-order valence-electron chi connectivity index (χ0n) is 10.2. The van der Waals surface area contributed by atoms with Gasteiger partial charge >= 0.3 is 0 Å². The van der Waals surface area contributed by atoms with Crippen molar-refractivity contribution in [2.24, 2.45) is 0 Å². The van der Waals surface area contributed by atoms with Gasteiger partial charge in [0.05, 0.1) is 16.3 Å². The monoisotopic (exact) mass is 279 g/mol. The van der Waals surface area contributed by atoms with Gasteiger partial charge in [-0.2, -0.15) is 0 Å². The molecular formula is C14H11ClFNO2. The lowest BCUT2D eigenvalue weighted by molar-refractivity contribution is 0.0983. The number of benzene rings is 1. The van der Waals surface area contributed by atoms with Gasteiger partial charge in [0.2, 0.25) is 0 Å². The first-order valence-electron chi connectivity index (χ1n) is 5.75. The number of nitrogens with one attached hydrogen (secondary N) is 1. The van der Waals surface area contributed by atoms with Gasteiger partial charge in [0, 0.05) is 18.2 Å². The van der Waals surface area contributed by atoms with E-state index in [1.165, 1.54) is 30.5 Å². The molecule has 1 aromatic carbocycles. The van der Waals surface area contributed by atoms with Gasteiger partial charge in [-0.05, 0) is 18.2 Å². The van der Waals surface area contributed by atoms with E-state index in [0.717, 1.165) is 0 Å². The quantitative estimate of drug-likeness (QED) is 0.869. The molecule has 0 atom stereocenters. The number of hydrogen-bond donors (Lipinski definition) is 1. The number of halogens is 2. The van der Waals surface area contributed by atoms with Crippen LogP contribution in [0.1, 0.15) is 39.8 Å². The first kappa shape index (κ1) is 13.5. The van der Waals surface area contributed by atoms with E-state index >= 15 is 0 Å². The predicted molar refractivity (Wildman–Crippen MR) is 70.3 cm³/mol. The molecule has 0 aliphatic rings. The standard InChI is InChI=1S/C14H11ClFNO2/c1-2-12(18)11-6-8(7-17-11)14(19)13-9(15)4-3-5-10(13)16/h3-7,17H,2H2,1H3. The molecule has 1 aromatic heterocycles. The molecule has 2 rings (SSSR count). The number of carbonyl (C=O) groups is 2. The Bertz CT molecular complexity index is 628. The summed E-state index contributed by atoms with van der Waals surface area (Å²) in [5.74, 6) is -1.34. The average molecular weight is 280 g/mol. The van der Waals surface area contributed by atoms with E-state index in [9.17, 15) is 14.0 Å². The Labute approximate surface area is 114 Å². The van der Waals surface area contributed by atoms with Crippen molar-refractivity contribution in [1.29, 1.82) is 0 Å². The normalized spacial score (nSPS) is 10.5. The van der Waals surface area contributed by atoms with Crippen molar-refractivity contribution in [1.82, 2.24) is 4.98 Å². The molecule has 0 aliphatic heterocycles. The van der Waals surface area contributed by atoms with Crippen molar-refractivity contribution < 1.29 is 14.0 Å². The molecule has 0 unspecified atom stereocenters. The second-order valence-electron chi connectivity index (χ2n) is 4.00. The summed E-state index contributed by atoms with van der Waals surface area (Å²) in [6, 6.07) is 5.46. The van der Waals surface area contributed by atoms with E-state index in [2.05, 4.69) is 4.98 Å². The SMILES string of the molecule is CCC(=O)c1cc(C(=O)c2c(F)cccc2Cl)c[nH]1. The van der Waals surface area contributed by atoms with Gasteiger partial charge in [0.15, 0.2) is 11.6 Å². The van der Waals surface area contributed by atoms with Gasteiger partial charge in [-0.1, -0.05) is 24.6 Å². The summed E-state index contributed by atoms with van der Waals surface area (Å²) in [5, 5.41) is 0.0505. The molecule has 0 bridgehead atoms. The Kier molecular flexibility index (Phi) is 3.81. The zero-order valence-corrected chi connectivity index (χ0v) is 10.9. The Morgan fingerprint density at radius 1 is 1.37 bits per heavy atom. The number of ketones is 2. The van der Waals surface area contributed by atoms with Crippen molar-refractivity contribution in [3.63, 3.8) is 0 Å². The average Bonchev–Trinajstić information content (AvgIpc) is 2.87. The van der Waals surface area contributed by atoms with E-state index in [-0.39, 0.29) is 21.9 Å². The molecule has 1 N–H and O–H groups in total. The summed E-state index contributed by atoms with van der Waals surface area (Å²) in [4.78, 5) is 26.3. The number of Topliss-reactive ketones (excluding diaryl/α,β-unsaturated/α-hetero) is 1. The highest BCUT2D eigenvalue weighted by Crippen LogP contribution is 2.22. The third-order valence-corrected chi connectivity index (χ3v) is 3.07.